The lowest BCUT2D eigenvalue weighted by Gasteiger charge is -2.10. The van der Waals surface area contributed by atoms with Crippen LogP contribution >= 0.6 is 0 Å². The fourth-order valence-corrected chi connectivity index (χ4v) is 2.41. The Hall–Kier alpha value is -2.63. The fraction of sp³-hybridized carbons (Fsp3) is 0.250. The summed E-state index contributed by atoms with van der Waals surface area (Å²) in [7, 11) is 1.50. The van der Waals surface area contributed by atoms with E-state index in [0.717, 1.165) is 12.0 Å². The smallest absolute Gasteiger partial charge is 0.319 e. The molecule has 2 N–H and O–H groups in total. The summed E-state index contributed by atoms with van der Waals surface area (Å²) in [6, 6.07) is 9.57. The van der Waals surface area contributed by atoms with Gasteiger partial charge in [-0.25, -0.2) is 14.2 Å². The van der Waals surface area contributed by atoms with Crippen molar-refractivity contribution in [3.05, 3.63) is 54.0 Å². The number of anilines is 1. The van der Waals surface area contributed by atoms with Crippen molar-refractivity contribution in [1.29, 1.82) is 0 Å². The molecule has 1 aliphatic rings. The number of hydrogen-bond donors (Lipinski definition) is 2. The van der Waals surface area contributed by atoms with Crippen LogP contribution < -0.4 is 15.4 Å². The number of halogens is 1. The third-order valence-electron chi connectivity index (χ3n) is 3.62. The SMILES string of the molecule is COc1ncccc1NC(=O)NC1CC1c1ccc(F)cc1. The number of carbonyl (C=O) groups excluding carboxylic acids is 1. The first kappa shape index (κ1) is 14.3. The highest BCUT2D eigenvalue weighted by Gasteiger charge is 2.39. The molecule has 1 fully saturated rings. The summed E-state index contributed by atoms with van der Waals surface area (Å²) in [5, 5.41) is 5.61. The Morgan fingerprint density at radius 3 is 2.82 bits per heavy atom. The molecule has 0 aliphatic heterocycles. The number of urea groups is 1. The molecule has 1 aromatic heterocycles. The molecule has 2 aromatic rings. The zero-order valence-corrected chi connectivity index (χ0v) is 12.0. The molecule has 0 radical (unpaired) electrons. The summed E-state index contributed by atoms with van der Waals surface area (Å²) in [6.45, 7) is 0. The molecule has 2 unspecified atom stereocenters. The van der Waals surface area contributed by atoms with Crippen LogP contribution in [-0.4, -0.2) is 24.2 Å². The standard InChI is InChI=1S/C16H16FN3O2/c1-22-15-13(3-2-8-18-15)19-16(21)20-14-9-12(14)10-4-6-11(17)7-5-10/h2-8,12,14H,9H2,1H3,(H2,19,20,21). The van der Waals surface area contributed by atoms with Crippen LogP contribution in [0.4, 0.5) is 14.9 Å². The zero-order chi connectivity index (χ0) is 15.5. The lowest BCUT2D eigenvalue weighted by Crippen LogP contribution is -2.31. The van der Waals surface area contributed by atoms with Gasteiger partial charge >= 0.3 is 6.03 Å². The molecule has 0 saturated heterocycles. The molecule has 6 heteroatoms. The predicted octanol–water partition coefficient (Wildman–Crippen LogP) is 2.91. The second-order valence-corrected chi connectivity index (χ2v) is 5.16. The van der Waals surface area contributed by atoms with Crippen molar-refractivity contribution in [2.45, 2.75) is 18.4 Å². The number of amides is 2. The monoisotopic (exact) mass is 301 g/mol. The van der Waals surface area contributed by atoms with Gasteiger partial charge < -0.3 is 15.4 Å². The molecule has 1 saturated carbocycles. The van der Waals surface area contributed by atoms with Crippen molar-refractivity contribution in [2.75, 3.05) is 12.4 Å². The van der Waals surface area contributed by atoms with Gasteiger partial charge in [-0.2, -0.15) is 0 Å². The highest BCUT2D eigenvalue weighted by molar-refractivity contribution is 5.91. The summed E-state index contributed by atoms with van der Waals surface area (Å²) in [4.78, 5) is 16.0. The molecule has 2 amide bonds. The average molecular weight is 301 g/mol. The fourth-order valence-electron chi connectivity index (χ4n) is 2.41. The van der Waals surface area contributed by atoms with E-state index in [1.807, 2.05) is 0 Å². The van der Waals surface area contributed by atoms with E-state index in [1.54, 1.807) is 30.5 Å². The number of ether oxygens (including phenoxy) is 1. The van der Waals surface area contributed by atoms with Crippen molar-refractivity contribution >= 4 is 11.7 Å². The molecule has 3 rings (SSSR count). The highest BCUT2D eigenvalue weighted by Crippen LogP contribution is 2.40. The molecule has 114 valence electrons. The van der Waals surface area contributed by atoms with Gasteiger partial charge in [0.15, 0.2) is 0 Å². The number of rotatable bonds is 4. The van der Waals surface area contributed by atoms with Gasteiger partial charge in [0.2, 0.25) is 5.88 Å². The molecule has 22 heavy (non-hydrogen) atoms. The van der Waals surface area contributed by atoms with Crippen molar-refractivity contribution in [1.82, 2.24) is 10.3 Å². The van der Waals surface area contributed by atoms with Crippen LogP contribution in [0.1, 0.15) is 17.9 Å². The topological polar surface area (TPSA) is 63.2 Å². The Kier molecular flexibility index (Phi) is 3.91. The molecule has 5 nitrogen and oxygen atoms in total. The predicted molar refractivity (Wildman–Crippen MR) is 80.5 cm³/mol. The summed E-state index contributed by atoms with van der Waals surface area (Å²) in [5.41, 5.74) is 1.55. The van der Waals surface area contributed by atoms with Crippen LogP contribution in [0.25, 0.3) is 0 Å². The maximum absolute atomic E-state index is 12.9. The Labute approximate surface area is 127 Å². The van der Waals surface area contributed by atoms with Gasteiger partial charge in [-0.1, -0.05) is 12.1 Å². The van der Waals surface area contributed by atoms with Crippen molar-refractivity contribution in [3.8, 4) is 5.88 Å². The third kappa shape index (κ3) is 3.16. The number of aromatic nitrogens is 1. The zero-order valence-electron chi connectivity index (χ0n) is 12.0. The van der Waals surface area contributed by atoms with E-state index in [4.69, 9.17) is 4.74 Å². The number of carbonyl (C=O) groups is 1. The number of benzene rings is 1. The number of nitrogens with one attached hydrogen (secondary N) is 2. The Morgan fingerprint density at radius 2 is 2.09 bits per heavy atom. The first-order valence-corrected chi connectivity index (χ1v) is 6.99. The number of nitrogens with zero attached hydrogens (tertiary/aromatic N) is 1. The quantitative estimate of drug-likeness (QED) is 0.912. The van der Waals surface area contributed by atoms with Gasteiger partial charge in [-0.05, 0) is 36.2 Å². The number of pyridine rings is 1. The minimum absolute atomic E-state index is 0.0631. The normalized spacial score (nSPS) is 19.4. The summed E-state index contributed by atoms with van der Waals surface area (Å²) >= 11 is 0. The van der Waals surface area contributed by atoms with Crippen molar-refractivity contribution in [3.63, 3.8) is 0 Å². The largest absolute Gasteiger partial charge is 0.480 e. The molecule has 1 aliphatic carbocycles. The summed E-state index contributed by atoms with van der Waals surface area (Å²) in [6.07, 6.45) is 2.44. The number of methoxy groups -OCH3 is 1. The van der Waals surface area contributed by atoms with Crippen molar-refractivity contribution in [2.24, 2.45) is 0 Å². The van der Waals surface area contributed by atoms with E-state index in [2.05, 4.69) is 15.6 Å². The van der Waals surface area contributed by atoms with E-state index < -0.39 is 0 Å². The van der Waals surface area contributed by atoms with E-state index in [-0.39, 0.29) is 23.8 Å². The Morgan fingerprint density at radius 1 is 1.32 bits per heavy atom. The van der Waals surface area contributed by atoms with Crippen LogP contribution in [0.2, 0.25) is 0 Å². The molecular formula is C16H16FN3O2. The van der Waals surface area contributed by atoms with Gasteiger partial charge in [0.25, 0.3) is 0 Å². The van der Waals surface area contributed by atoms with Gasteiger partial charge in [-0.3, -0.25) is 0 Å². The van der Waals surface area contributed by atoms with E-state index >= 15 is 0 Å². The van der Waals surface area contributed by atoms with E-state index in [0.29, 0.717) is 11.6 Å². The van der Waals surface area contributed by atoms with Gasteiger partial charge in [0.05, 0.1) is 7.11 Å². The molecular weight excluding hydrogens is 285 g/mol. The van der Waals surface area contributed by atoms with Crippen LogP contribution in [-0.2, 0) is 0 Å². The van der Waals surface area contributed by atoms with Gasteiger partial charge in [0.1, 0.15) is 11.5 Å². The average Bonchev–Trinajstić information content (AvgIpc) is 3.27. The Bertz CT molecular complexity index is 675. The second kappa shape index (κ2) is 6.01. The minimum Gasteiger partial charge on any atom is -0.480 e. The maximum Gasteiger partial charge on any atom is 0.319 e. The molecule has 0 bridgehead atoms. The van der Waals surface area contributed by atoms with Crippen LogP contribution in [0.5, 0.6) is 5.88 Å². The highest BCUT2D eigenvalue weighted by atomic mass is 19.1. The molecule has 1 heterocycles. The van der Waals surface area contributed by atoms with Gasteiger partial charge in [0, 0.05) is 18.2 Å². The number of hydrogen-bond acceptors (Lipinski definition) is 3. The van der Waals surface area contributed by atoms with Crippen LogP contribution in [0.15, 0.2) is 42.6 Å². The second-order valence-electron chi connectivity index (χ2n) is 5.16. The van der Waals surface area contributed by atoms with Crippen LogP contribution in [0, 0.1) is 5.82 Å². The summed E-state index contributed by atoms with van der Waals surface area (Å²) in [5.74, 6) is 0.348. The van der Waals surface area contributed by atoms with E-state index in [1.165, 1.54) is 19.2 Å². The maximum atomic E-state index is 12.9. The summed E-state index contributed by atoms with van der Waals surface area (Å²) < 4.78 is 18.0. The van der Waals surface area contributed by atoms with Crippen LogP contribution in [0.3, 0.4) is 0 Å². The minimum atomic E-state index is -0.305. The van der Waals surface area contributed by atoms with Gasteiger partial charge in [-0.15, -0.1) is 0 Å². The third-order valence-corrected chi connectivity index (χ3v) is 3.62. The Balaban J connectivity index is 1.56. The molecule has 1 aromatic carbocycles. The lowest BCUT2D eigenvalue weighted by molar-refractivity contribution is 0.251. The first-order chi connectivity index (χ1) is 10.7. The molecule has 0 spiro atoms. The van der Waals surface area contributed by atoms with E-state index in [9.17, 15) is 9.18 Å². The molecule has 2 atom stereocenters. The van der Waals surface area contributed by atoms with Crippen molar-refractivity contribution < 1.29 is 13.9 Å². The lowest BCUT2D eigenvalue weighted by atomic mass is 10.1. The first-order valence-electron chi connectivity index (χ1n) is 6.99.